The average Bonchev–Trinajstić information content (AvgIpc) is 2.63. The molecular weight excluding hydrogens is 286 g/mol. The molecule has 0 aromatic heterocycles. The SMILES string of the molecule is C=CC(C)[C@H](N[C@H](C(=O)OC)c1ccccc1)C1CCCCC1. The zero-order valence-electron chi connectivity index (χ0n) is 14.3. The van der Waals surface area contributed by atoms with Gasteiger partial charge in [-0.15, -0.1) is 6.58 Å². The Hall–Kier alpha value is -1.61. The van der Waals surface area contributed by atoms with E-state index < -0.39 is 6.04 Å². The molecule has 2 rings (SSSR count). The normalized spacial score (nSPS) is 19.6. The lowest BCUT2D eigenvalue weighted by atomic mass is 9.78. The van der Waals surface area contributed by atoms with Gasteiger partial charge in [0.05, 0.1) is 7.11 Å². The van der Waals surface area contributed by atoms with E-state index in [0.717, 1.165) is 5.56 Å². The second kappa shape index (κ2) is 8.88. The van der Waals surface area contributed by atoms with Crippen molar-refractivity contribution in [3.63, 3.8) is 0 Å². The van der Waals surface area contributed by atoms with E-state index in [1.807, 2.05) is 36.4 Å². The first-order valence-electron chi connectivity index (χ1n) is 8.68. The fourth-order valence-electron chi connectivity index (χ4n) is 3.61. The fraction of sp³-hybridized carbons (Fsp3) is 0.550. The predicted molar refractivity (Wildman–Crippen MR) is 94.1 cm³/mol. The molecular formula is C20H29NO2. The van der Waals surface area contributed by atoms with Gasteiger partial charge in [0.1, 0.15) is 6.04 Å². The fourth-order valence-corrected chi connectivity index (χ4v) is 3.61. The minimum Gasteiger partial charge on any atom is -0.468 e. The Bertz CT molecular complexity index is 494. The lowest BCUT2D eigenvalue weighted by molar-refractivity contribution is -0.143. The molecule has 23 heavy (non-hydrogen) atoms. The third kappa shape index (κ3) is 4.68. The van der Waals surface area contributed by atoms with Gasteiger partial charge in [-0.1, -0.05) is 62.6 Å². The Morgan fingerprint density at radius 2 is 1.91 bits per heavy atom. The number of ether oxygens (including phenoxy) is 1. The summed E-state index contributed by atoms with van der Waals surface area (Å²) in [5.74, 6) is 0.676. The van der Waals surface area contributed by atoms with Gasteiger partial charge in [0, 0.05) is 6.04 Å². The van der Waals surface area contributed by atoms with Crippen LogP contribution in [0.4, 0.5) is 0 Å². The van der Waals surface area contributed by atoms with Crippen molar-refractivity contribution < 1.29 is 9.53 Å². The third-order valence-corrected chi connectivity index (χ3v) is 5.02. The van der Waals surface area contributed by atoms with Gasteiger partial charge in [-0.25, -0.2) is 4.79 Å². The summed E-state index contributed by atoms with van der Waals surface area (Å²) in [5, 5.41) is 3.60. The Balaban J connectivity index is 2.22. The van der Waals surface area contributed by atoms with Crippen LogP contribution in [0.1, 0.15) is 50.6 Å². The molecule has 0 spiro atoms. The van der Waals surface area contributed by atoms with Gasteiger partial charge in [0.15, 0.2) is 0 Å². The van der Waals surface area contributed by atoms with E-state index >= 15 is 0 Å². The number of nitrogens with one attached hydrogen (secondary N) is 1. The van der Waals surface area contributed by atoms with E-state index in [2.05, 4.69) is 18.8 Å². The molecule has 0 aliphatic heterocycles. The lowest BCUT2D eigenvalue weighted by Crippen LogP contribution is -2.46. The van der Waals surface area contributed by atoms with Crippen molar-refractivity contribution in [1.29, 1.82) is 0 Å². The van der Waals surface area contributed by atoms with Gasteiger partial charge in [0.25, 0.3) is 0 Å². The molecule has 3 atom stereocenters. The summed E-state index contributed by atoms with van der Waals surface area (Å²) in [5.41, 5.74) is 0.955. The van der Waals surface area contributed by atoms with Gasteiger partial charge >= 0.3 is 5.97 Å². The van der Waals surface area contributed by atoms with Crippen LogP contribution >= 0.6 is 0 Å². The Morgan fingerprint density at radius 1 is 1.26 bits per heavy atom. The van der Waals surface area contributed by atoms with Crippen molar-refractivity contribution >= 4 is 5.97 Å². The largest absolute Gasteiger partial charge is 0.468 e. The van der Waals surface area contributed by atoms with Gasteiger partial charge in [0.2, 0.25) is 0 Å². The zero-order valence-corrected chi connectivity index (χ0v) is 14.3. The topological polar surface area (TPSA) is 38.3 Å². The van der Waals surface area contributed by atoms with Crippen molar-refractivity contribution in [2.75, 3.05) is 7.11 Å². The first-order valence-corrected chi connectivity index (χ1v) is 8.68. The number of hydrogen-bond acceptors (Lipinski definition) is 3. The zero-order chi connectivity index (χ0) is 16.7. The van der Waals surface area contributed by atoms with Crippen LogP contribution in [0, 0.1) is 11.8 Å². The third-order valence-electron chi connectivity index (χ3n) is 5.02. The molecule has 0 heterocycles. The second-order valence-corrected chi connectivity index (χ2v) is 6.55. The molecule has 1 aliphatic rings. The molecule has 1 fully saturated rings. The molecule has 3 heteroatoms. The number of carbonyl (C=O) groups is 1. The molecule has 1 aromatic carbocycles. The summed E-state index contributed by atoms with van der Waals surface area (Å²) in [6, 6.07) is 9.66. The standard InChI is InChI=1S/C20H29NO2/c1-4-15(2)18(16-11-7-5-8-12-16)21-19(20(22)23-3)17-13-9-6-10-14-17/h4,6,9-10,13-16,18-19,21H,1,5,7-8,11-12H2,2-3H3/t15?,18-,19-/m0/s1. The van der Waals surface area contributed by atoms with E-state index in [0.29, 0.717) is 11.8 Å². The summed E-state index contributed by atoms with van der Waals surface area (Å²) >= 11 is 0. The number of rotatable bonds is 7. The number of hydrogen-bond donors (Lipinski definition) is 1. The molecule has 0 bridgehead atoms. The summed E-state index contributed by atoms with van der Waals surface area (Å²) < 4.78 is 5.04. The average molecular weight is 315 g/mol. The van der Waals surface area contributed by atoms with Crippen molar-refractivity contribution in [3.05, 3.63) is 48.6 Å². The van der Waals surface area contributed by atoms with Crippen molar-refractivity contribution in [1.82, 2.24) is 5.32 Å². The molecule has 3 nitrogen and oxygen atoms in total. The van der Waals surface area contributed by atoms with Crippen LogP contribution < -0.4 is 5.32 Å². The van der Waals surface area contributed by atoms with E-state index in [1.54, 1.807) is 0 Å². The summed E-state index contributed by atoms with van der Waals surface area (Å²) in [6.07, 6.45) is 8.31. The molecule has 1 unspecified atom stereocenters. The van der Waals surface area contributed by atoms with E-state index in [4.69, 9.17) is 4.74 Å². The van der Waals surface area contributed by atoms with E-state index in [1.165, 1.54) is 39.2 Å². The van der Waals surface area contributed by atoms with Crippen molar-refractivity contribution in [2.24, 2.45) is 11.8 Å². The Morgan fingerprint density at radius 3 is 2.48 bits per heavy atom. The highest BCUT2D eigenvalue weighted by atomic mass is 16.5. The molecule has 1 saturated carbocycles. The molecule has 0 amide bonds. The van der Waals surface area contributed by atoms with Crippen molar-refractivity contribution in [2.45, 2.75) is 51.1 Å². The number of methoxy groups -OCH3 is 1. The number of benzene rings is 1. The Labute approximate surface area is 140 Å². The Kier molecular flexibility index (Phi) is 6.85. The summed E-state index contributed by atoms with van der Waals surface area (Å²) in [6.45, 7) is 6.14. The maximum atomic E-state index is 12.3. The van der Waals surface area contributed by atoms with Crippen LogP contribution in [-0.2, 0) is 9.53 Å². The molecule has 1 aliphatic carbocycles. The van der Waals surface area contributed by atoms with Crippen molar-refractivity contribution in [3.8, 4) is 0 Å². The summed E-state index contributed by atoms with van der Waals surface area (Å²) in [7, 11) is 1.45. The minimum absolute atomic E-state index is 0.228. The highest BCUT2D eigenvalue weighted by Crippen LogP contribution is 2.31. The molecule has 1 aromatic rings. The molecule has 0 radical (unpaired) electrons. The minimum atomic E-state index is -0.421. The van der Waals surface area contributed by atoms with Gasteiger partial charge in [-0.2, -0.15) is 0 Å². The molecule has 1 N–H and O–H groups in total. The van der Waals surface area contributed by atoms with Crippen LogP contribution in [0.2, 0.25) is 0 Å². The highest BCUT2D eigenvalue weighted by Gasteiger charge is 2.32. The van der Waals surface area contributed by atoms with Gasteiger partial charge < -0.3 is 4.74 Å². The first kappa shape index (κ1) is 17.7. The first-order chi connectivity index (χ1) is 11.2. The van der Waals surface area contributed by atoms with Crippen LogP contribution in [0.15, 0.2) is 43.0 Å². The van der Waals surface area contributed by atoms with Crippen LogP contribution in [-0.4, -0.2) is 19.1 Å². The van der Waals surface area contributed by atoms with E-state index in [-0.39, 0.29) is 12.0 Å². The lowest BCUT2D eigenvalue weighted by Gasteiger charge is -2.36. The van der Waals surface area contributed by atoms with Gasteiger partial charge in [-0.3, -0.25) is 5.32 Å². The monoisotopic (exact) mass is 315 g/mol. The van der Waals surface area contributed by atoms with Crippen LogP contribution in [0.25, 0.3) is 0 Å². The maximum Gasteiger partial charge on any atom is 0.327 e. The summed E-state index contributed by atoms with van der Waals surface area (Å²) in [4.78, 5) is 12.3. The smallest absolute Gasteiger partial charge is 0.327 e. The maximum absolute atomic E-state index is 12.3. The molecule has 0 saturated heterocycles. The quantitative estimate of drug-likeness (QED) is 0.603. The molecule has 126 valence electrons. The van der Waals surface area contributed by atoms with Crippen LogP contribution in [0.3, 0.4) is 0 Å². The van der Waals surface area contributed by atoms with E-state index in [9.17, 15) is 4.79 Å². The number of esters is 1. The predicted octanol–water partition coefficient (Wildman–Crippen LogP) is 4.26. The highest BCUT2D eigenvalue weighted by molar-refractivity contribution is 5.77. The number of carbonyl (C=O) groups excluding carboxylic acids is 1. The van der Waals surface area contributed by atoms with Gasteiger partial charge in [-0.05, 0) is 30.2 Å². The second-order valence-electron chi connectivity index (χ2n) is 6.55. The van der Waals surface area contributed by atoms with Crippen LogP contribution in [0.5, 0.6) is 0 Å².